The first-order valence-corrected chi connectivity index (χ1v) is 7.20. The predicted molar refractivity (Wildman–Crippen MR) is 74.4 cm³/mol. The highest BCUT2D eigenvalue weighted by Crippen LogP contribution is 2.23. The number of rotatable bonds is 2. The number of likely N-dealkylation sites (tertiary alicyclic amines) is 1. The summed E-state index contributed by atoms with van der Waals surface area (Å²) in [5.41, 5.74) is 0.0921. The van der Waals surface area contributed by atoms with Gasteiger partial charge in [0.25, 0.3) is 5.91 Å². The molecule has 0 bridgehead atoms. The molecule has 0 aromatic heterocycles. The number of halogens is 2. The highest BCUT2D eigenvalue weighted by molar-refractivity contribution is 9.10. The van der Waals surface area contributed by atoms with Gasteiger partial charge in [-0.3, -0.25) is 4.79 Å². The maximum absolute atomic E-state index is 13.8. The van der Waals surface area contributed by atoms with E-state index in [1.165, 1.54) is 12.1 Å². The predicted octanol–water partition coefficient (Wildman–Crippen LogP) is 2.82. The fourth-order valence-corrected chi connectivity index (χ4v) is 2.75. The van der Waals surface area contributed by atoms with E-state index in [2.05, 4.69) is 15.9 Å². The van der Waals surface area contributed by atoms with Crippen molar-refractivity contribution in [1.82, 2.24) is 4.90 Å². The summed E-state index contributed by atoms with van der Waals surface area (Å²) in [7, 11) is 0. The van der Waals surface area contributed by atoms with E-state index < -0.39 is 11.9 Å². The third-order valence-electron chi connectivity index (χ3n) is 3.59. The second-order valence-corrected chi connectivity index (χ2v) is 5.93. The third-order valence-corrected chi connectivity index (χ3v) is 4.08. The number of carbonyl (C=O) groups excluding carboxylic acids is 1. The van der Waals surface area contributed by atoms with Gasteiger partial charge in [0.15, 0.2) is 0 Å². The molecule has 0 radical (unpaired) electrons. The number of hydrogen-bond donors (Lipinski definition) is 1. The average molecular weight is 330 g/mol. The van der Waals surface area contributed by atoms with Gasteiger partial charge >= 0.3 is 0 Å². The molecule has 2 atom stereocenters. The SMILES string of the molecule is CC(O)C1CCCN(C(=O)c2ccc(Br)cc2F)C1. The minimum Gasteiger partial charge on any atom is -0.393 e. The van der Waals surface area contributed by atoms with Gasteiger partial charge in [-0.05, 0) is 38.0 Å². The van der Waals surface area contributed by atoms with Crippen LogP contribution in [0.15, 0.2) is 22.7 Å². The molecule has 1 aromatic carbocycles. The molecule has 5 heteroatoms. The van der Waals surface area contributed by atoms with Gasteiger partial charge in [0.1, 0.15) is 5.82 Å². The van der Waals surface area contributed by atoms with Crippen molar-refractivity contribution in [2.45, 2.75) is 25.9 Å². The molecule has 2 unspecified atom stereocenters. The molecule has 1 aromatic rings. The molecular formula is C14H17BrFNO2. The maximum atomic E-state index is 13.8. The molecule has 1 fully saturated rings. The summed E-state index contributed by atoms with van der Waals surface area (Å²) in [5, 5.41) is 9.62. The number of hydrogen-bond acceptors (Lipinski definition) is 2. The summed E-state index contributed by atoms with van der Waals surface area (Å²) in [6.45, 7) is 2.85. The number of aliphatic hydroxyl groups excluding tert-OH is 1. The largest absolute Gasteiger partial charge is 0.393 e. The van der Waals surface area contributed by atoms with E-state index in [-0.39, 0.29) is 17.4 Å². The molecular weight excluding hydrogens is 313 g/mol. The summed E-state index contributed by atoms with van der Waals surface area (Å²) in [4.78, 5) is 13.9. The normalized spacial score (nSPS) is 21.3. The van der Waals surface area contributed by atoms with Crippen LogP contribution in [-0.4, -0.2) is 35.1 Å². The fourth-order valence-electron chi connectivity index (χ4n) is 2.42. The molecule has 1 N–H and O–H groups in total. The zero-order valence-electron chi connectivity index (χ0n) is 10.8. The highest BCUT2D eigenvalue weighted by atomic mass is 79.9. The Balaban J connectivity index is 2.15. The van der Waals surface area contributed by atoms with Crippen LogP contribution in [0.5, 0.6) is 0 Å². The molecule has 3 nitrogen and oxygen atoms in total. The number of carbonyl (C=O) groups is 1. The monoisotopic (exact) mass is 329 g/mol. The lowest BCUT2D eigenvalue weighted by molar-refractivity contribution is 0.0463. The van der Waals surface area contributed by atoms with Crippen LogP contribution in [-0.2, 0) is 0 Å². The van der Waals surface area contributed by atoms with Gasteiger partial charge in [0, 0.05) is 23.5 Å². The van der Waals surface area contributed by atoms with Crippen LogP contribution < -0.4 is 0 Å². The Bertz CT molecular complexity index is 479. The Morgan fingerprint density at radius 3 is 2.95 bits per heavy atom. The zero-order valence-corrected chi connectivity index (χ0v) is 12.4. The second kappa shape index (κ2) is 6.01. The maximum Gasteiger partial charge on any atom is 0.256 e. The summed E-state index contributed by atoms with van der Waals surface area (Å²) in [6, 6.07) is 4.45. The Morgan fingerprint density at radius 1 is 1.58 bits per heavy atom. The van der Waals surface area contributed by atoms with Crippen LogP contribution in [0.1, 0.15) is 30.1 Å². The van der Waals surface area contributed by atoms with Gasteiger partial charge in [-0.25, -0.2) is 4.39 Å². The molecule has 1 amide bonds. The van der Waals surface area contributed by atoms with Gasteiger partial charge in [0.2, 0.25) is 0 Å². The number of aliphatic hydroxyl groups is 1. The smallest absolute Gasteiger partial charge is 0.256 e. The lowest BCUT2D eigenvalue weighted by atomic mass is 9.93. The van der Waals surface area contributed by atoms with Gasteiger partial charge in [0.05, 0.1) is 11.7 Å². The van der Waals surface area contributed by atoms with Crippen LogP contribution >= 0.6 is 15.9 Å². The van der Waals surface area contributed by atoms with E-state index in [0.29, 0.717) is 17.6 Å². The Kier molecular flexibility index (Phi) is 4.58. The molecule has 1 aliphatic heterocycles. The minimum absolute atomic E-state index is 0.0798. The quantitative estimate of drug-likeness (QED) is 0.906. The van der Waals surface area contributed by atoms with Crippen molar-refractivity contribution in [1.29, 1.82) is 0 Å². The molecule has 19 heavy (non-hydrogen) atoms. The number of amides is 1. The first-order chi connectivity index (χ1) is 8.99. The molecule has 0 saturated carbocycles. The minimum atomic E-state index is -0.515. The summed E-state index contributed by atoms with van der Waals surface area (Å²) < 4.78 is 14.4. The topological polar surface area (TPSA) is 40.5 Å². The van der Waals surface area contributed by atoms with Gasteiger partial charge < -0.3 is 10.0 Å². The van der Waals surface area contributed by atoms with Crippen LogP contribution in [0, 0.1) is 11.7 Å². The molecule has 1 saturated heterocycles. The van der Waals surface area contributed by atoms with Crippen molar-refractivity contribution in [2.24, 2.45) is 5.92 Å². The summed E-state index contributed by atoms with van der Waals surface area (Å²) >= 11 is 3.17. The Morgan fingerprint density at radius 2 is 2.32 bits per heavy atom. The molecule has 104 valence electrons. The van der Waals surface area contributed by atoms with Crippen LogP contribution in [0.25, 0.3) is 0 Å². The van der Waals surface area contributed by atoms with Gasteiger partial charge in [-0.15, -0.1) is 0 Å². The number of benzene rings is 1. The van der Waals surface area contributed by atoms with Gasteiger partial charge in [-0.2, -0.15) is 0 Å². The third kappa shape index (κ3) is 3.34. The van der Waals surface area contributed by atoms with Crippen molar-refractivity contribution in [3.63, 3.8) is 0 Å². The van der Waals surface area contributed by atoms with Crippen molar-refractivity contribution < 1.29 is 14.3 Å². The standard InChI is InChI=1S/C14H17BrFNO2/c1-9(18)10-3-2-6-17(8-10)14(19)12-5-4-11(15)7-13(12)16/h4-5,7,9-10,18H,2-3,6,8H2,1H3. The van der Waals surface area contributed by atoms with Gasteiger partial charge in [-0.1, -0.05) is 15.9 Å². The summed E-state index contributed by atoms with van der Waals surface area (Å²) in [6.07, 6.45) is 1.31. The summed E-state index contributed by atoms with van der Waals surface area (Å²) in [5.74, 6) is -0.731. The first-order valence-electron chi connectivity index (χ1n) is 6.41. The van der Waals surface area contributed by atoms with Crippen molar-refractivity contribution in [3.05, 3.63) is 34.1 Å². The van der Waals surface area contributed by atoms with E-state index in [9.17, 15) is 14.3 Å². The molecule has 0 aliphatic carbocycles. The number of nitrogens with zero attached hydrogens (tertiary/aromatic N) is 1. The van der Waals surface area contributed by atoms with E-state index in [1.807, 2.05) is 0 Å². The Hall–Kier alpha value is -0.940. The van der Waals surface area contributed by atoms with E-state index >= 15 is 0 Å². The lowest BCUT2D eigenvalue weighted by Crippen LogP contribution is -2.43. The average Bonchev–Trinajstić information content (AvgIpc) is 2.38. The highest BCUT2D eigenvalue weighted by Gasteiger charge is 2.28. The molecule has 1 aliphatic rings. The first kappa shape index (κ1) is 14.5. The molecule has 0 spiro atoms. The zero-order chi connectivity index (χ0) is 14.0. The molecule has 2 rings (SSSR count). The van der Waals surface area contributed by atoms with Crippen molar-refractivity contribution in [2.75, 3.05) is 13.1 Å². The van der Waals surface area contributed by atoms with E-state index in [4.69, 9.17) is 0 Å². The van der Waals surface area contributed by atoms with Crippen LogP contribution in [0.2, 0.25) is 0 Å². The molecule has 1 heterocycles. The fraction of sp³-hybridized carbons (Fsp3) is 0.500. The van der Waals surface area contributed by atoms with Crippen LogP contribution in [0.3, 0.4) is 0 Å². The van der Waals surface area contributed by atoms with E-state index in [0.717, 1.165) is 12.8 Å². The number of piperidine rings is 1. The van der Waals surface area contributed by atoms with E-state index in [1.54, 1.807) is 17.9 Å². The Labute approximate surface area is 120 Å². The van der Waals surface area contributed by atoms with Crippen LogP contribution in [0.4, 0.5) is 4.39 Å². The van der Waals surface area contributed by atoms with Crippen molar-refractivity contribution in [3.8, 4) is 0 Å². The second-order valence-electron chi connectivity index (χ2n) is 5.02. The van der Waals surface area contributed by atoms with Crippen molar-refractivity contribution >= 4 is 21.8 Å². The lowest BCUT2D eigenvalue weighted by Gasteiger charge is -2.34.